The van der Waals surface area contributed by atoms with Gasteiger partial charge in [0.15, 0.2) is 0 Å². The first-order valence-corrected chi connectivity index (χ1v) is 4.26. The molecule has 0 aliphatic carbocycles. The molecular formula is C10H12N2O3. The SMILES string of the molecule is COC.O=C(O)c1c[nH]c2ncccc12. The number of carbonyl (C=O) groups is 1. The van der Waals surface area contributed by atoms with Gasteiger partial charge in [0.1, 0.15) is 5.65 Å². The van der Waals surface area contributed by atoms with E-state index in [-0.39, 0.29) is 5.56 Å². The van der Waals surface area contributed by atoms with Gasteiger partial charge < -0.3 is 14.8 Å². The van der Waals surface area contributed by atoms with E-state index in [1.807, 2.05) is 0 Å². The van der Waals surface area contributed by atoms with Crippen molar-refractivity contribution < 1.29 is 14.6 Å². The van der Waals surface area contributed by atoms with Crippen molar-refractivity contribution in [1.82, 2.24) is 9.97 Å². The zero-order valence-electron chi connectivity index (χ0n) is 8.52. The molecule has 0 radical (unpaired) electrons. The Morgan fingerprint density at radius 2 is 2.20 bits per heavy atom. The van der Waals surface area contributed by atoms with Gasteiger partial charge in [-0.1, -0.05) is 0 Å². The Morgan fingerprint density at radius 3 is 2.80 bits per heavy atom. The lowest BCUT2D eigenvalue weighted by atomic mass is 10.2. The summed E-state index contributed by atoms with van der Waals surface area (Å²) in [5.41, 5.74) is 0.869. The summed E-state index contributed by atoms with van der Waals surface area (Å²) in [6.45, 7) is 0. The maximum absolute atomic E-state index is 10.6. The molecule has 0 saturated carbocycles. The van der Waals surface area contributed by atoms with E-state index in [0.29, 0.717) is 11.0 Å². The van der Waals surface area contributed by atoms with Crippen LogP contribution in [-0.4, -0.2) is 35.3 Å². The smallest absolute Gasteiger partial charge is 0.337 e. The van der Waals surface area contributed by atoms with Crippen LogP contribution in [0.2, 0.25) is 0 Å². The molecule has 0 unspecified atom stereocenters. The van der Waals surface area contributed by atoms with Crippen molar-refractivity contribution in [1.29, 1.82) is 0 Å². The molecule has 2 heterocycles. The van der Waals surface area contributed by atoms with Crippen molar-refractivity contribution in [3.63, 3.8) is 0 Å². The first-order valence-electron chi connectivity index (χ1n) is 4.26. The number of ether oxygens (including phenoxy) is 1. The lowest BCUT2D eigenvalue weighted by molar-refractivity contribution is 0.0699. The number of hydrogen-bond acceptors (Lipinski definition) is 3. The van der Waals surface area contributed by atoms with Crippen molar-refractivity contribution in [2.45, 2.75) is 0 Å². The third-order valence-corrected chi connectivity index (χ3v) is 1.68. The Balaban J connectivity index is 0.000000337. The predicted molar refractivity (Wildman–Crippen MR) is 56.0 cm³/mol. The van der Waals surface area contributed by atoms with Gasteiger partial charge in [-0.3, -0.25) is 0 Å². The Labute approximate surface area is 86.7 Å². The van der Waals surface area contributed by atoms with E-state index in [1.165, 1.54) is 6.20 Å². The summed E-state index contributed by atoms with van der Waals surface area (Å²) in [4.78, 5) is 17.4. The van der Waals surface area contributed by atoms with Crippen molar-refractivity contribution in [3.05, 3.63) is 30.1 Å². The molecule has 2 rings (SSSR count). The monoisotopic (exact) mass is 208 g/mol. The molecule has 80 valence electrons. The minimum Gasteiger partial charge on any atom is -0.478 e. The zero-order valence-corrected chi connectivity index (χ0v) is 8.52. The molecule has 2 aromatic rings. The molecule has 0 aromatic carbocycles. The Morgan fingerprint density at radius 1 is 1.53 bits per heavy atom. The summed E-state index contributed by atoms with van der Waals surface area (Å²) in [6, 6.07) is 3.44. The maximum atomic E-state index is 10.6. The highest BCUT2D eigenvalue weighted by Crippen LogP contribution is 2.14. The average molecular weight is 208 g/mol. The highest BCUT2D eigenvalue weighted by Gasteiger charge is 2.09. The number of hydrogen-bond donors (Lipinski definition) is 2. The molecule has 0 aliphatic heterocycles. The summed E-state index contributed by atoms with van der Waals surface area (Å²) in [7, 11) is 3.25. The average Bonchev–Trinajstić information content (AvgIpc) is 2.62. The van der Waals surface area contributed by atoms with Crippen LogP contribution in [0.1, 0.15) is 10.4 Å². The van der Waals surface area contributed by atoms with Gasteiger partial charge in [-0.15, -0.1) is 0 Å². The molecule has 0 bridgehead atoms. The van der Waals surface area contributed by atoms with E-state index in [2.05, 4.69) is 14.7 Å². The van der Waals surface area contributed by atoms with Crippen LogP contribution in [0, 0.1) is 0 Å². The topological polar surface area (TPSA) is 75.2 Å². The molecule has 0 fully saturated rings. The number of aromatic amines is 1. The largest absolute Gasteiger partial charge is 0.478 e. The van der Waals surface area contributed by atoms with E-state index in [4.69, 9.17) is 5.11 Å². The molecule has 0 amide bonds. The number of fused-ring (bicyclic) bond motifs is 1. The fourth-order valence-electron chi connectivity index (χ4n) is 1.13. The third-order valence-electron chi connectivity index (χ3n) is 1.68. The maximum Gasteiger partial charge on any atom is 0.337 e. The van der Waals surface area contributed by atoms with E-state index >= 15 is 0 Å². The van der Waals surface area contributed by atoms with Gasteiger partial charge in [-0.25, -0.2) is 9.78 Å². The summed E-state index contributed by atoms with van der Waals surface area (Å²) in [5, 5.41) is 9.37. The molecule has 5 nitrogen and oxygen atoms in total. The number of aromatic carboxylic acids is 1. The number of nitrogens with zero attached hydrogens (tertiary/aromatic N) is 1. The number of aromatic nitrogens is 2. The lowest BCUT2D eigenvalue weighted by Gasteiger charge is -1.88. The van der Waals surface area contributed by atoms with Crippen LogP contribution in [0.3, 0.4) is 0 Å². The van der Waals surface area contributed by atoms with Crippen LogP contribution < -0.4 is 0 Å². The van der Waals surface area contributed by atoms with Crippen molar-refractivity contribution in [3.8, 4) is 0 Å². The summed E-state index contributed by atoms with van der Waals surface area (Å²) < 4.78 is 4.25. The first kappa shape index (κ1) is 11.2. The van der Waals surface area contributed by atoms with Crippen LogP contribution in [0.4, 0.5) is 0 Å². The molecule has 5 heteroatoms. The summed E-state index contributed by atoms with van der Waals surface area (Å²) >= 11 is 0. The number of carboxylic acids is 1. The number of methoxy groups -OCH3 is 1. The van der Waals surface area contributed by atoms with Crippen LogP contribution >= 0.6 is 0 Å². The Bertz CT molecular complexity index is 451. The summed E-state index contributed by atoms with van der Waals surface area (Å²) in [5.74, 6) is -0.936. The third kappa shape index (κ3) is 2.54. The van der Waals surface area contributed by atoms with Gasteiger partial charge in [-0.05, 0) is 12.1 Å². The van der Waals surface area contributed by atoms with Gasteiger partial charge >= 0.3 is 5.97 Å². The number of pyridine rings is 1. The molecule has 2 aromatic heterocycles. The van der Waals surface area contributed by atoms with Crippen LogP contribution in [-0.2, 0) is 4.74 Å². The minimum atomic E-state index is -0.936. The van der Waals surface area contributed by atoms with Crippen molar-refractivity contribution >= 4 is 17.0 Å². The number of carboxylic acid groups (broad SMARTS) is 1. The second-order valence-corrected chi connectivity index (χ2v) is 2.82. The Kier molecular flexibility index (Phi) is 3.82. The van der Waals surface area contributed by atoms with Gasteiger partial charge in [0.05, 0.1) is 5.56 Å². The molecular weight excluding hydrogens is 196 g/mol. The van der Waals surface area contributed by atoms with E-state index in [1.54, 1.807) is 32.5 Å². The minimum absolute atomic E-state index is 0.262. The molecule has 0 aliphatic rings. The second-order valence-electron chi connectivity index (χ2n) is 2.82. The van der Waals surface area contributed by atoms with Crippen molar-refractivity contribution in [2.75, 3.05) is 14.2 Å². The van der Waals surface area contributed by atoms with E-state index in [0.717, 1.165) is 0 Å². The molecule has 0 atom stereocenters. The van der Waals surface area contributed by atoms with Gasteiger partial charge in [0.2, 0.25) is 0 Å². The fourth-order valence-corrected chi connectivity index (χ4v) is 1.13. The highest BCUT2D eigenvalue weighted by atomic mass is 16.4. The lowest BCUT2D eigenvalue weighted by Crippen LogP contribution is -1.93. The van der Waals surface area contributed by atoms with Crippen molar-refractivity contribution in [2.24, 2.45) is 0 Å². The quantitative estimate of drug-likeness (QED) is 0.745. The fraction of sp³-hybridized carbons (Fsp3) is 0.200. The standard InChI is InChI=1S/C8H6N2O2.C2H6O/c11-8(12)6-4-10-7-5(6)2-1-3-9-7;1-3-2/h1-4H,(H,9,10)(H,11,12);1-2H3. The first-order chi connectivity index (χ1) is 7.20. The molecule has 0 saturated heterocycles. The van der Waals surface area contributed by atoms with Crippen LogP contribution in [0.5, 0.6) is 0 Å². The van der Waals surface area contributed by atoms with Crippen LogP contribution in [0.15, 0.2) is 24.5 Å². The highest BCUT2D eigenvalue weighted by molar-refractivity contribution is 6.01. The number of nitrogens with one attached hydrogen (secondary N) is 1. The second kappa shape index (κ2) is 5.11. The van der Waals surface area contributed by atoms with Gasteiger partial charge in [-0.2, -0.15) is 0 Å². The summed E-state index contributed by atoms with van der Waals surface area (Å²) in [6.07, 6.45) is 3.06. The van der Waals surface area contributed by atoms with Gasteiger partial charge in [0.25, 0.3) is 0 Å². The van der Waals surface area contributed by atoms with E-state index < -0.39 is 5.97 Å². The molecule has 15 heavy (non-hydrogen) atoms. The van der Waals surface area contributed by atoms with Crippen LogP contribution in [0.25, 0.3) is 11.0 Å². The predicted octanol–water partition coefficient (Wildman–Crippen LogP) is 1.52. The number of H-pyrrole nitrogens is 1. The normalized spacial score (nSPS) is 9.47. The van der Waals surface area contributed by atoms with E-state index in [9.17, 15) is 4.79 Å². The molecule has 2 N–H and O–H groups in total. The number of rotatable bonds is 1. The zero-order chi connectivity index (χ0) is 11.3. The molecule has 0 spiro atoms. The Hall–Kier alpha value is -1.88. The van der Waals surface area contributed by atoms with Gasteiger partial charge in [0, 0.05) is 32.0 Å².